The normalized spacial score (nSPS) is 39.5. The predicted molar refractivity (Wildman–Crippen MR) is 37.4 cm³/mol. The second-order valence-corrected chi connectivity index (χ2v) is 3.26. The van der Waals surface area contributed by atoms with Crippen molar-refractivity contribution in [1.82, 2.24) is 0 Å². The van der Waals surface area contributed by atoms with Crippen LogP contribution in [0.15, 0.2) is 0 Å². The molecule has 0 heterocycles. The third kappa shape index (κ3) is 1.87. The Balaban J connectivity index is 2.55. The van der Waals surface area contributed by atoms with Gasteiger partial charge in [-0.1, -0.05) is 0 Å². The maximum atomic E-state index is 12.2. The van der Waals surface area contributed by atoms with Gasteiger partial charge in [-0.15, -0.1) is 0 Å². The van der Waals surface area contributed by atoms with Gasteiger partial charge >= 0.3 is 0 Å². The second kappa shape index (κ2) is 3.03. The molecule has 1 aliphatic carbocycles. The minimum absolute atomic E-state index is 0.0324. The number of nitrogens with two attached hydrogens (primary N) is 1. The number of alkyl halides is 2. The van der Waals surface area contributed by atoms with Gasteiger partial charge in [0.15, 0.2) is 0 Å². The molecule has 0 aromatic heterocycles. The first kappa shape index (κ1) is 8.87. The molecule has 11 heavy (non-hydrogen) atoms. The van der Waals surface area contributed by atoms with Crippen LogP contribution in [0.1, 0.15) is 25.7 Å². The number of hydrogen-bond donors (Lipinski definition) is 2. The highest BCUT2D eigenvalue weighted by Crippen LogP contribution is 2.32. The van der Waals surface area contributed by atoms with Gasteiger partial charge in [-0.2, -0.15) is 0 Å². The van der Waals surface area contributed by atoms with Crippen molar-refractivity contribution in [2.75, 3.05) is 0 Å². The summed E-state index contributed by atoms with van der Waals surface area (Å²) in [6, 6.07) is -0.261. The molecular weight excluding hydrogens is 152 g/mol. The molecule has 66 valence electrons. The quantitative estimate of drug-likeness (QED) is 0.606. The Morgan fingerprint density at radius 2 is 2.18 bits per heavy atom. The summed E-state index contributed by atoms with van der Waals surface area (Å²) in [5.41, 5.74) is 3.65. The van der Waals surface area contributed by atoms with Crippen molar-refractivity contribution in [3.8, 4) is 0 Å². The third-order valence-corrected chi connectivity index (χ3v) is 2.21. The summed E-state index contributed by atoms with van der Waals surface area (Å²) >= 11 is 0. The standard InChI is InChI=1S/C7H13F2NO/c8-6(9)7(11)3-1-2-5(10)4-7/h5-6,11H,1-4,10H2. The summed E-state index contributed by atoms with van der Waals surface area (Å²) < 4.78 is 24.3. The van der Waals surface area contributed by atoms with Gasteiger partial charge in [0.1, 0.15) is 5.60 Å². The van der Waals surface area contributed by atoms with Gasteiger partial charge in [-0.25, -0.2) is 8.78 Å². The fourth-order valence-corrected chi connectivity index (χ4v) is 1.53. The van der Waals surface area contributed by atoms with Crippen molar-refractivity contribution in [2.45, 2.75) is 43.8 Å². The van der Waals surface area contributed by atoms with E-state index in [2.05, 4.69) is 0 Å². The summed E-state index contributed by atoms with van der Waals surface area (Å²) in [5.74, 6) is 0. The lowest BCUT2D eigenvalue weighted by molar-refractivity contribution is -0.119. The maximum Gasteiger partial charge on any atom is 0.266 e. The van der Waals surface area contributed by atoms with E-state index in [4.69, 9.17) is 5.73 Å². The molecule has 0 radical (unpaired) electrons. The summed E-state index contributed by atoms with van der Waals surface area (Å²) in [6.45, 7) is 0. The molecule has 0 amide bonds. The van der Waals surface area contributed by atoms with Gasteiger partial charge in [0.2, 0.25) is 0 Å². The average molecular weight is 165 g/mol. The van der Waals surface area contributed by atoms with Gasteiger partial charge in [-0.3, -0.25) is 0 Å². The summed E-state index contributed by atoms with van der Waals surface area (Å²) in [4.78, 5) is 0. The van der Waals surface area contributed by atoms with E-state index in [1.807, 2.05) is 0 Å². The molecule has 1 fully saturated rings. The topological polar surface area (TPSA) is 46.2 Å². The molecule has 0 aromatic rings. The zero-order valence-corrected chi connectivity index (χ0v) is 6.26. The van der Waals surface area contributed by atoms with Crippen LogP contribution in [0.3, 0.4) is 0 Å². The largest absolute Gasteiger partial charge is 0.384 e. The Kier molecular flexibility index (Phi) is 2.44. The van der Waals surface area contributed by atoms with E-state index >= 15 is 0 Å². The minimum atomic E-state index is -2.66. The minimum Gasteiger partial charge on any atom is -0.384 e. The van der Waals surface area contributed by atoms with Gasteiger partial charge in [-0.05, 0) is 25.7 Å². The Bertz CT molecular complexity index is 142. The van der Waals surface area contributed by atoms with E-state index in [0.717, 1.165) is 6.42 Å². The van der Waals surface area contributed by atoms with Crippen LogP contribution < -0.4 is 5.73 Å². The lowest BCUT2D eigenvalue weighted by Crippen LogP contribution is -2.46. The van der Waals surface area contributed by atoms with E-state index in [-0.39, 0.29) is 18.9 Å². The molecule has 0 bridgehead atoms. The summed E-state index contributed by atoms with van der Waals surface area (Å²) in [6.07, 6.45) is -1.10. The Labute approximate surface area is 64.4 Å². The van der Waals surface area contributed by atoms with E-state index in [1.54, 1.807) is 0 Å². The fraction of sp³-hybridized carbons (Fsp3) is 1.00. The van der Waals surface area contributed by atoms with Crippen LogP contribution in [0.25, 0.3) is 0 Å². The smallest absolute Gasteiger partial charge is 0.266 e. The van der Waals surface area contributed by atoms with Crippen LogP contribution in [-0.2, 0) is 0 Å². The van der Waals surface area contributed by atoms with Gasteiger partial charge in [0.05, 0.1) is 0 Å². The fourth-order valence-electron chi connectivity index (χ4n) is 1.53. The second-order valence-electron chi connectivity index (χ2n) is 3.26. The number of aliphatic hydroxyl groups is 1. The lowest BCUT2D eigenvalue weighted by Gasteiger charge is -2.34. The molecule has 0 saturated heterocycles. The van der Waals surface area contributed by atoms with E-state index in [0.29, 0.717) is 6.42 Å². The highest BCUT2D eigenvalue weighted by atomic mass is 19.3. The molecule has 1 aliphatic rings. The first-order valence-corrected chi connectivity index (χ1v) is 3.81. The van der Waals surface area contributed by atoms with Crippen LogP contribution in [0.2, 0.25) is 0 Å². The Hall–Kier alpha value is -0.220. The zero-order chi connectivity index (χ0) is 8.48. The van der Waals surface area contributed by atoms with Gasteiger partial charge in [0.25, 0.3) is 6.43 Å². The first-order chi connectivity index (χ1) is 5.04. The van der Waals surface area contributed by atoms with E-state index in [1.165, 1.54) is 0 Å². The molecule has 1 saturated carbocycles. The summed E-state index contributed by atoms with van der Waals surface area (Å²) in [5, 5.41) is 9.29. The summed E-state index contributed by atoms with van der Waals surface area (Å²) in [7, 11) is 0. The van der Waals surface area contributed by atoms with Crippen molar-refractivity contribution in [1.29, 1.82) is 0 Å². The molecule has 2 unspecified atom stereocenters. The molecule has 0 aromatic carbocycles. The van der Waals surface area contributed by atoms with Gasteiger partial charge < -0.3 is 10.8 Å². The number of hydrogen-bond acceptors (Lipinski definition) is 2. The number of rotatable bonds is 1. The molecule has 3 N–H and O–H groups in total. The molecule has 1 rings (SSSR count). The maximum absolute atomic E-state index is 12.2. The molecule has 2 atom stereocenters. The van der Waals surface area contributed by atoms with Gasteiger partial charge in [0, 0.05) is 6.04 Å². The third-order valence-electron chi connectivity index (χ3n) is 2.21. The highest BCUT2D eigenvalue weighted by Gasteiger charge is 2.41. The predicted octanol–water partition coefficient (Wildman–Crippen LogP) is 0.884. The molecule has 4 heteroatoms. The van der Waals surface area contributed by atoms with Crippen molar-refractivity contribution in [3.63, 3.8) is 0 Å². The van der Waals surface area contributed by atoms with Crippen molar-refractivity contribution in [3.05, 3.63) is 0 Å². The van der Waals surface area contributed by atoms with E-state index in [9.17, 15) is 13.9 Å². The van der Waals surface area contributed by atoms with Crippen LogP contribution in [-0.4, -0.2) is 23.2 Å². The van der Waals surface area contributed by atoms with Crippen molar-refractivity contribution < 1.29 is 13.9 Å². The molecule has 0 spiro atoms. The van der Waals surface area contributed by atoms with Crippen LogP contribution in [0.4, 0.5) is 8.78 Å². The molecule has 2 nitrogen and oxygen atoms in total. The van der Waals surface area contributed by atoms with E-state index < -0.39 is 12.0 Å². The van der Waals surface area contributed by atoms with Crippen LogP contribution in [0.5, 0.6) is 0 Å². The molecule has 0 aliphatic heterocycles. The monoisotopic (exact) mass is 165 g/mol. The number of halogens is 2. The first-order valence-electron chi connectivity index (χ1n) is 3.81. The molecular formula is C7H13F2NO. The van der Waals surface area contributed by atoms with Crippen molar-refractivity contribution >= 4 is 0 Å². The SMILES string of the molecule is NC1CCCC(O)(C(F)F)C1. The zero-order valence-electron chi connectivity index (χ0n) is 6.26. The highest BCUT2D eigenvalue weighted by molar-refractivity contribution is 4.89. The van der Waals surface area contributed by atoms with Crippen LogP contribution >= 0.6 is 0 Å². The van der Waals surface area contributed by atoms with Crippen LogP contribution in [0, 0.1) is 0 Å². The van der Waals surface area contributed by atoms with Crippen molar-refractivity contribution in [2.24, 2.45) is 5.73 Å². The Morgan fingerprint density at radius 1 is 1.55 bits per heavy atom. The average Bonchev–Trinajstić information content (AvgIpc) is 1.86. The lowest BCUT2D eigenvalue weighted by atomic mass is 9.82. The Morgan fingerprint density at radius 3 is 2.55 bits per heavy atom.